The Labute approximate surface area is 113 Å². The fourth-order valence-corrected chi connectivity index (χ4v) is 2.22. The molecule has 0 unspecified atom stereocenters. The lowest BCUT2D eigenvalue weighted by molar-refractivity contribution is 0.338. The fraction of sp³-hybridized carbons (Fsp3) is 1.00. The lowest BCUT2D eigenvalue weighted by atomic mass is 10.1. The van der Waals surface area contributed by atoms with Crippen molar-refractivity contribution in [3.8, 4) is 0 Å². The van der Waals surface area contributed by atoms with Gasteiger partial charge < -0.3 is 10.2 Å². The topological polar surface area (TPSA) is 49.4 Å². The van der Waals surface area contributed by atoms with Crippen LogP contribution in [0.4, 0.5) is 0 Å². The summed E-state index contributed by atoms with van der Waals surface area (Å²) in [6, 6.07) is 0. The minimum Gasteiger partial charge on any atom is -0.312 e. The van der Waals surface area contributed by atoms with Crippen LogP contribution in [-0.2, 0) is 9.84 Å². The highest BCUT2D eigenvalue weighted by Gasteiger charge is 2.07. The molecule has 5 heteroatoms. The molecule has 0 saturated heterocycles. The van der Waals surface area contributed by atoms with Gasteiger partial charge in [0, 0.05) is 18.3 Å². The van der Waals surface area contributed by atoms with E-state index in [1.54, 1.807) is 0 Å². The van der Waals surface area contributed by atoms with Gasteiger partial charge in [-0.2, -0.15) is 0 Å². The number of hydrogen-bond donors (Lipinski definition) is 1. The minimum atomic E-state index is -2.83. The third-order valence-corrected chi connectivity index (χ3v) is 3.64. The molecule has 0 aliphatic carbocycles. The van der Waals surface area contributed by atoms with Gasteiger partial charge in [0.25, 0.3) is 0 Å². The lowest BCUT2D eigenvalue weighted by Gasteiger charge is -2.20. The Morgan fingerprint density at radius 2 is 1.67 bits per heavy atom. The van der Waals surface area contributed by atoms with Crippen molar-refractivity contribution in [3.05, 3.63) is 0 Å². The van der Waals surface area contributed by atoms with Gasteiger partial charge in [-0.15, -0.1) is 0 Å². The van der Waals surface area contributed by atoms with Gasteiger partial charge in [0.05, 0.1) is 5.75 Å². The third kappa shape index (κ3) is 13.9. The first-order valence-corrected chi connectivity index (χ1v) is 8.77. The Kier molecular flexibility index (Phi) is 8.06. The Morgan fingerprint density at radius 3 is 2.17 bits per heavy atom. The second kappa shape index (κ2) is 8.12. The molecule has 18 heavy (non-hydrogen) atoms. The van der Waals surface area contributed by atoms with Crippen LogP contribution in [-0.4, -0.2) is 57.5 Å². The summed E-state index contributed by atoms with van der Waals surface area (Å²) in [5, 5.41) is 3.46. The zero-order valence-corrected chi connectivity index (χ0v) is 13.4. The first kappa shape index (κ1) is 17.9. The molecule has 0 atom stereocenters. The summed E-state index contributed by atoms with van der Waals surface area (Å²) < 4.78 is 22.0. The molecule has 0 aliphatic rings. The molecule has 4 nitrogen and oxygen atoms in total. The van der Waals surface area contributed by atoms with E-state index in [9.17, 15) is 8.42 Å². The van der Waals surface area contributed by atoms with Crippen molar-refractivity contribution in [2.75, 3.05) is 38.7 Å². The van der Waals surface area contributed by atoms with Crippen molar-refractivity contribution < 1.29 is 8.42 Å². The molecule has 0 aromatic rings. The average molecular weight is 278 g/mol. The molecular formula is C13H30N2O2S. The molecule has 0 aliphatic heterocycles. The van der Waals surface area contributed by atoms with Crippen molar-refractivity contribution in [2.45, 2.75) is 45.6 Å². The first-order valence-electron chi connectivity index (χ1n) is 6.71. The molecule has 0 aromatic carbocycles. The monoisotopic (exact) mass is 278 g/mol. The molecule has 0 heterocycles. The van der Waals surface area contributed by atoms with Crippen LogP contribution in [0.2, 0.25) is 0 Å². The quantitative estimate of drug-likeness (QED) is 0.650. The van der Waals surface area contributed by atoms with Crippen LogP contribution >= 0.6 is 0 Å². The molecule has 0 bridgehead atoms. The number of rotatable bonds is 9. The van der Waals surface area contributed by atoms with Crippen LogP contribution in [0, 0.1) is 0 Å². The zero-order valence-electron chi connectivity index (χ0n) is 12.6. The van der Waals surface area contributed by atoms with Gasteiger partial charge in [-0.25, -0.2) is 8.42 Å². The second-order valence-corrected chi connectivity index (χ2v) is 8.43. The minimum absolute atomic E-state index is 0.201. The number of sulfone groups is 1. The van der Waals surface area contributed by atoms with E-state index in [0.29, 0.717) is 6.54 Å². The van der Waals surface area contributed by atoms with Gasteiger partial charge in [0.15, 0.2) is 0 Å². The number of nitrogens with zero attached hydrogens (tertiary/aromatic N) is 1. The van der Waals surface area contributed by atoms with Crippen LogP contribution in [0.5, 0.6) is 0 Å². The molecule has 0 saturated carbocycles. The first-order chi connectivity index (χ1) is 8.10. The van der Waals surface area contributed by atoms with Gasteiger partial charge in [0.2, 0.25) is 0 Å². The highest BCUT2D eigenvalue weighted by atomic mass is 32.2. The summed E-state index contributed by atoms with van der Waals surface area (Å²) in [5.74, 6) is 0.259. The summed E-state index contributed by atoms with van der Waals surface area (Å²) in [7, 11) is -0.842. The number of unbranched alkanes of at least 4 members (excludes halogenated alkanes) is 2. The van der Waals surface area contributed by atoms with Gasteiger partial charge in [0.1, 0.15) is 9.84 Å². The molecule has 0 rings (SSSR count). The van der Waals surface area contributed by atoms with Crippen molar-refractivity contribution >= 4 is 9.84 Å². The molecule has 110 valence electrons. The molecule has 1 N–H and O–H groups in total. The molecular weight excluding hydrogens is 248 g/mol. The van der Waals surface area contributed by atoms with E-state index < -0.39 is 9.84 Å². The summed E-state index contributed by atoms with van der Waals surface area (Å²) in [6.45, 7) is 9.19. The summed E-state index contributed by atoms with van der Waals surface area (Å²) in [4.78, 5) is 2.10. The van der Waals surface area contributed by atoms with Crippen molar-refractivity contribution in [1.82, 2.24) is 10.2 Å². The van der Waals surface area contributed by atoms with Crippen molar-refractivity contribution in [1.29, 1.82) is 0 Å². The lowest BCUT2D eigenvalue weighted by Crippen LogP contribution is -2.36. The molecule has 0 fully saturated rings. The maximum absolute atomic E-state index is 11.0. The van der Waals surface area contributed by atoms with Crippen molar-refractivity contribution in [3.63, 3.8) is 0 Å². The van der Waals surface area contributed by atoms with E-state index in [0.717, 1.165) is 19.5 Å². The van der Waals surface area contributed by atoms with Gasteiger partial charge >= 0.3 is 0 Å². The Morgan fingerprint density at radius 1 is 1.06 bits per heavy atom. The van der Waals surface area contributed by atoms with E-state index in [1.165, 1.54) is 19.1 Å². The van der Waals surface area contributed by atoms with Crippen LogP contribution in [0.25, 0.3) is 0 Å². The van der Waals surface area contributed by atoms with E-state index in [-0.39, 0.29) is 11.3 Å². The molecule has 0 radical (unpaired) electrons. The molecule has 0 spiro atoms. The molecule has 0 amide bonds. The Bertz CT molecular complexity index is 307. The largest absolute Gasteiger partial charge is 0.312 e. The van der Waals surface area contributed by atoms with Crippen molar-refractivity contribution in [2.24, 2.45) is 0 Å². The van der Waals surface area contributed by atoms with Crippen LogP contribution in [0.15, 0.2) is 0 Å². The second-order valence-electron chi connectivity index (χ2n) is 6.17. The highest BCUT2D eigenvalue weighted by molar-refractivity contribution is 7.90. The van der Waals surface area contributed by atoms with Gasteiger partial charge in [-0.3, -0.25) is 0 Å². The number of nitrogens with one attached hydrogen (secondary N) is 1. The van der Waals surface area contributed by atoms with Gasteiger partial charge in [-0.05, 0) is 53.8 Å². The number of hydrogen-bond acceptors (Lipinski definition) is 4. The van der Waals surface area contributed by atoms with Gasteiger partial charge in [-0.1, -0.05) is 6.42 Å². The SMILES string of the molecule is CN(CCCCCNC(C)(C)C)CCS(C)(=O)=O. The van der Waals surface area contributed by atoms with Crippen LogP contribution in [0.1, 0.15) is 40.0 Å². The Balaban J connectivity index is 3.44. The standard InChI is InChI=1S/C13H30N2O2S/c1-13(2,3)14-9-7-6-8-10-15(4)11-12-18(5,16)17/h14H,6-12H2,1-5H3. The predicted molar refractivity (Wildman–Crippen MR) is 78.8 cm³/mol. The summed E-state index contributed by atoms with van der Waals surface area (Å²) in [5.41, 5.74) is 0.201. The molecule has 0 aromatic heterocycles. The summed E-state index contributed by atoms with van der Waals surface area (Å²) in [6.07, 6.45) is 4.79. The fourth-order valence-electron chi connectivity index (χ4n) is 1.58. The summed E-state index contributed by atoms with van der Waals surface area (Å²) >= 11 is 0. The van der Waals surface area contributed by atoms with Crippen LogP contribution in [0.3, 0.4) is 0 Å². The van der Waals surface area contributed by atoms with Crippen LogP contribution < -0.4 is 5.32 Å². The predicted octanol–water partition coefficient (Wildman–Crippen LogP) is 1.52. The maximum Gasteiger partial charge on any atom is 0.148 e. The zero-order chi connectivity index (χ0) is 14.2. The average Bonchev–Trinajstić information content (AvgIpc) is 2.17. The van der Waals surface area contributed by atoms with E-state index in [1.807, 2.05) is 7.05 Å². The maximum atomic E-state index is 11.0. The Hall–Kier alpha value is -0.130. The normalized spacial score (nSPS) is 13.2. The van der Waals surface area contributed by atoms with E-state index >= 15 is 0 Å². The van der Waals surface area contributed by atoms with E-state index in [4.69, 9.17) is 0 Å². The van der Waals surface area contributed by atoms with E-state index in [2.05, 4.69) is 31.0 Å². The smallest absolute Gasteiger partial charge is 0.148 e. The third-order valence-electron chi connectivity index (χ3n) is 2.72. The highest BCUT2D eigenvalue weighted by Crippen LogP contribution is 2.01.